The first-order valence-electron chi connectivity index (χ1n) is 6.76. The molecule has 2 aromatic rings. The van der Waals surface area contributed by atoms with Gasteiger partial charge in [-0.2, -0.15) is 5.26 Å². The minimum absolute atomic E-state index is 0.282. The van der Waals surface area contributed by atoms with Crippen LogP contribution in [0, 0.1) is 18.3 Å². The smallest absolute Gasteiger partial charge is 0.103 e. The van der Waals surface area contributed by atoms with Gasteiger partial charge < -0.3 is 4.57 Å². The van der Waals surface area contributed by atoms with Crippen LogP contribution in [0.5, 0.6) is 0 Å². The van der Waals surface area contributed by atoms with Gasteiger partial charge in [-0.05, 0) is 24.1 Å². The molecule has 1 aliphatic heterocycles. The number of halogens is 1. The lowest BCUT2D eigenvalue weighted by Crippen LogP contribution is -1.94. The lowest BCUT2D eigenvalue weighted by molar-refractivity contribution is 0.899. The van der Waals surface area contributed by atoms with Crippen LogP contribution in [0.2, 0.25) is 5.02 Å². The van der Waals surface area contributed by atoms with E-state index in [0.29, 0.717) is 5.57 Å². The molecule has 0 aliphatic carbocycles. The molecule has 6 heteroatoms. The van der Waals surface area contributed by atoms with Gasteiger partial charge in [0.25, 0.3) is 0 Å². The van der Waals surface area contributed by atoms with Crippen molar-refractivity contribution in [1.29, 1.82) is 5.26 Å². The number of aryl methyl sites for hydroxylation is 2. The SMILES string of the molecule is Cc1ccc(C2CS/C(=C(/C#N)c3cncn3C)S2)c(Cl)c1. The fourth-order valence-electron chi connectivity index (χ4n) is 2.33. The minimum Gasteiger partial charge on any atom is -0.333 e. The first-order valence-corrected chi connectivity index (χ1v) is 9.01. The number of nitriles is 1. The lowest BCUT2D eigenvalue weighted by Gasteiger charge is -2.11. The summed E-state index contributed by atoms with van der Waals surface area (Å²) in [4.78, 5) is 4.10. The predicted molar refractivity (Wildman–Crippen MR) is 94.7 cm³/mol. The second kappa shape index (κ2) is 6.41. The first-order chi connectivity index (χ1) is 10.6. The van der Waals surface area contributed by atoms with E-state index in [0.717, 1.165) is 31.8 Å². The molecule has 0 N–H and O–H groups in total. The zero-order chi connectivity index (χ0) is 15.7. The van der Waals surface area contributed by atoms with E-state index in [2.05, 4.69) is 23.2 Å². The number of imidazole rings is 1. The van der Waals surface area contributed by atoms with Gasteiger partial charge in [-0.15, -0.1) is 23.5 Å². The van der Waals surface area contributed by atoms with Gasteiger partial charge in [0.1, 0.15) is 6.07 Å². The number of aromatic nitrogens is 2. The average molecular weight is 348 g/mol. The second-order valence-electron chi connectivity index (χ2n) is 5.11. The molecule has 1 saturated heterocycles. The Morgan fingerprint density at radius 2 is 2.32 bits per heavy atom. The van der Waals surface area contributed by atoms with E-state index in [1.54, 1.807) is 36.0 Å². The summed E-state index contributed by atoms with van der Waals surface area (Å²) in [5.41, 5.74) is 3.85. The predicted octanol–water partition coefficient (Wildman–Crippen LogP) is 4.80. The number of rotatable bonds is 2. The van der Waals surface area contributed by atoms with Crippen molar-refractivity contribution >= 4 is 40.7 Å². The number of allylic oxidation sites excluding steroid dienone is 1. The molecule has 112 valence electrons. The third kappa shape index (κ3) is 2.91. The highest BCUT2D eigenvalue weighted by Crippen LogP contribution is 2.53. The molecule has 0 bridgehead atoms. The molecule has 1 aliphatic rings. The molecule has 0 spiro atoms. The van der Waals surface area contributed by atoms with Crippen molar-refractivity contribution in [3.63, 3.8) is 0 Å². The molecule has 1 aromatic carbocycles. The van der Waals surface area contributed by atoms with Crippen LogP contribution in [0.4, 0.5) is 0 Å². The number of hydrogen-bond acceptors (Lipinski definition) is 4. The molecule has 0 amide bonds. The third-order valence-corrected chi connectivity index (χ3v) is 6.78. The van der Waals surface area contributed by atoms with Gasteiger partial charge in [0, 0.05) is 23.1 Å². The normalized spacial score (nSPS) is 20.0. The van der Waals surface area contributed by atoms with E-state index in [1.165, 1.54) is 0 Å². The van der Waals surface area contributed by atoms with Gasteiger partial charge in [0.2, 0.25) is 0 Å². The number of benzene rings is 1. The van der Waals surface area contributed by atoms with E-state index in [-0.39, 0.29) is 5.25 Å². The van der Waals surface area contributed by atoms with Crippen molar-refractivity contribution < 1.29 is 0 Å². The number of hydrogen-bond donors (Lipinski definition) is 0. The highest BCUT2D eigenvalue weighted by molar-refractivity contribution is 8.25. The van der Waals surface area contributed by atoms with Gasteiger partial charge in [0.15, 0.2) is 0 Å². The largest absolute Gasteiger partial charge is 0.333 e. The average Bonchev–Trinajstić information content (AvgIpc) is 3.11. The Bertz CT molecular complexity index is 789. The molecule has 1 aromatic heterocycles. The highest BCUT2D eigenvalue weighted by atomic mass is 35.5. The van der Waals surface area contributed by atoms with Crippen molar-refractivity contribution in [2.75, 3.05) is 5.75 Å². The molecule has 22 heavy (non-hydrogen) atoms. The van der Waals surface area contributed by atoms with Crippen molar-refractivity contribution in [2.24, 2.45) is 7.05 Å². The van der Waals surface area contributed by atoms with E-state index in [4.69, 9.17) is 11.6 Å². The summed E-state index contributed by atoms with van der Waals surface area (Å²) in [6.07, 6.45) is 3.45. The molecular weight excluding hydrogens is 334 g/mol. The molecule has 0 saturated carbocycles. The van der Waals surface area contributed by atoms with Crippen LogP contribution in [0.15, 0.2) is 35.0 Å². The van der Waals surface area contributed by atoms with Crippen molar-refractivity contribution in [3.05, 3.63) is 56.8 Å². The summed E-state index contributed by atoms with van der Waals surface area (Å²) in [7, 11) is 1.90. The lowest BCUT2D eigenvalue weighted by atomic mass is 10.1. The summed E-state index contributed by atoms with van der Waals surface area (Å²) in [6.45, 7) is 2.04. The molecule has 1 atom stereocenters. The van der Waals surface area contributed by atoms with Crippen LogP contribution in [-0.2, 0) is 7.05 Å². The maximum Gasteiger partial charge on any atom is 0.103 e. The number of nitrogens with zero attached hydrogens (tertiary/aromatic N) is 3. The van der Waals surface area contributed by atoms with Crippen molar-refractivity contribution in [2.45, 2.75) is 12.2 Å². The fourth-order valence-corrected chi connectivity index (χ4v) is 5.70. The second-order valence-corrected chi connectivity index (χ2v) is 8.02. The summed E-state index contributed by atoms with van der Waals surface area (Å²) < 4.78 is 2.92. The molecular formula is C16H14ClN3S2. The Kier molecular flexibility index (Phi) is 4.53. The zero-order valence-electron chi connectivity index (χ0n) is 12.2. The molecule has 3 rings (SSSR count). The minimum atomic E-state index is 0.282. The van der Waals surface area contributed by atoms with E-state index >= 15 is 0 Å². The van der Waals surface area contributed by atoms with Crippen molar-refractivity contribution in [3.8, 4) is 6.07 Å². The summed E-state index contributed by atoms with van der Waals surface area (Å²) in [5.74, 6) is 0.922. The highest BCUT2D eigenvalue weighted by Gasteiger charge is 2.28. The maximum absolute atomic E-state index is 9.53. The molecule has 3 nitrogen and oxygen atoms in total. The molecule has 2 heterocycles. The summed E-state index contributed by atoms with van der Waals surface area (Å²) in [5, 5.41) is 10.6. The maximum atomic E-state index is 9.53. The Balaban J connectivity index is 1.92. The van der Waals surface area contributed by atoms with Gasteiger partial charge in [0.05, 0.1) is 28.0 Å². The molecule has 0 radical (unpaired) electrons. The van der Waals surface area contributed by atoms with Gasteiger partial charge in [-0.3, -0.25) is 0 Å². The van der Waals surface area contributed by atoms with Crippen LogP contribution in [0.3, 0.4) is 0 Å². The first kappa shape index (κ1) is 15.5. The van der Waals surface area contributed by atoms with Gasteiger partial charge in [-0.25, -0.2) is 4.98 Å². The van der Waals surface area contributed by atoms with Gasteiger partial charge in [-0.1, -0.05) is 23.7 Å². The van der Waals surface area contributed by atoms with Crippen LogP contribution in [0.1, 0.15) is 22.1 Å². The van der Waals surface area contributed by atoms with Crippen molar-refractivity contribution in [1.82, 2.24) is 9.55 Å². The van der Waals surface area contributed by atoms with E-state index in [1.807, 2.05) is 24.6 Å². The summed E-state index contributed by atoms with van der Waals surface area (Å²) >= 11 is 9.81. The van der Waals surface area contributed by atoms with E-state index < -0.39 is 0 Å². The fraction of sp³-hybridized carbons (Fsp3) is 0.250. The van der Waals surface area contributed by atoms with Crippen LogP contribution >= 0.6 is 35.1 Å². The standard InChI is InChI=1S/C16H14ClN3S2/c1-10-3-4-11(13(17)5-10)15-8-21-16(22-15)12(6-18)14-7-19-9-20(14)2/h3-5,7,9,15H,8H2,1-2H3/b16-12+. The Morgan fingerprint density at radius 1 is 1.50 bits per heavy atom. The van der Waals surface area contributed by atoms with Crippen LogP contribution in [0.25, 0.3) is 5.57 Å². The molecule has 1 unspecified atom stereocenters. The number of thioether (sulfide) groups is 2. The zero-order valence-corrected chi connectivity index (χ0v) is 14.6. The van der Waals surface area contributed by atoms with Crippen LogP contribution < -0.4 is 0 Å². The Morgan fingerprint density at radius 3 is 2.95 bits per heavy atom. The van der Waals surface area contributed by atoms with Crippen LogP contribution in [-0.4, -0.2) is 15.3 Å². The summed E-state index contributed by atoms with van der Waals surface area (Å²) in [6, 6.07) is 8.50. The monoisotopic (exact) mass is 347 g/mol. The molecule has 1 fully saturated rings. The third-order valence-electron chi connectivity index (χ3n) is 3.51. The quantitative estimate of drug-likeness (QED) is 0.732. The topological polar surface area (TPSA) is 41.6 Å². The van der Waals surface area contributed by atoms with E-state index in [9.17, 15) is 5.26 Å². The Labute approximate surface area is 143 Å². The van der Waals surface area contributed by atoms with Gasteiger partial charge >= 0.3 is 0 Å². The Hall–Kier alpha value is -1.35.